The molecule has 1 saturated carbocycles. The first-order chi connectivity index (χ1) is 7.86. The molecule has 1 heterocycles. The van der Waals surface area contributed by atoms with Gasteiger partial charge in [0.2, 0.25) is 0 Å². The van der Waals surface area contributed by atoms with Crippen LogP contribution < -0.4 is 10.6 Å². The summed E-state index contributed by atoms with van der Waals surface area (Å²) in [6, 6.07) is 0. The van der Waals surface area contributed by atoms with Crippen molar-refractivity contribution in [1.29, 1.82) is 0 Å². The van der Waals surface area contributed by atoms with Crippen LogP contribution in [0.15, 0.2) is 0 Å². The summed E-state index contributed by atoms with van der Waals surface area (Å²) in [6.07, 6.45) is 2.26. The lowest BCUT2D eigenvalue weighted by atomic mass is 10.3. The first kappa shape index (κ1) is 11.8. The maximum absolute atomic E-state index is 11.6. The van der Waals surface area contributed by atoms with Gasteiger partial charge in [-0.15, -0.1) is 0 Å². The second kappa shape index (κ2) is 6.18. The van der Waals surface area contributed by atoms with Crippen LogP contribution in [0.4, 0.5) is 0 Å². The minimum atomic E-state index is -0.336. The Morgan fingerprint density at radius 2 is 2.38 bits per heavy atom. The van der Waals surface area contributed by atoms with E-state index in [1.807, 2.05) is 0 Å². The van der Waals surface area contributed by atoms with E-state index in [4.69, 9.17) is 9.47 Å². The zero-order chi connectivity index (χ0) is 11.2. The van der Waals surface area contributed by atoms with Gasteiger partial charge in [-0.05, 0) is 18.8 Å². The molecule has 2 rings (SSSR count). The second-order valence-corrected chi connectivity index (χ2v) is 4.37. The van der Waals surface area contributed by atoms with Crippen molar-refractivity contribution < 1.29 is 14.3 Å². The first-order valence-electron chi connectivity index (χ1n) is 6.04. The predicted octanol–water partition coefficient (Wildman–Crippen LogP) is -0.482. The lowest BCUT2D eigenvalue weighted by molar-refractivity contribution is -0.134. The van der Waals surface area contributed by atoms with Gasteiger partial charge in [-0.2, -0.15) is 0 Å². The summed E-state index contributed by atoms with van der Waals surface area (Å²) in [5.74, 6) is 0.740. The second-order valence-electron chi connectivity index (χ2n) is 4.37. The van der Waals surface area contributed by atoms with Crippen LogP contribution in [0.3, 0.4) is 0 Å². The molecule has 5 nitrogen and oxygen atoms in total. The minimum Gasteiger partial charge on any atom is -0.379 e. The summed E-state index contributed by atoms with van der Waals surface area (Å²) in [7, 11) is 0. The molecule has 0 aromatic rings. The number of amides is 1. The molecular formula is C11H20N2O3. The fraction of sp³-hybridized carbons (Fsp3) is 0.909. The van der Waals surface area contributed by atoms with Crippen LogP contribution in [0, 0.1) is 5.92 Å². The third-order valence-electron chi connectivity index (χ3n) is 2.82. The highest BCUT2D eigenvalue weighted by Crippen LogP contribution is 2.28. The molecule has 1 unspecified atom stereocenters. The van der Waals surface area contributed by atoms with Crippen LogP contribution in [0.25, 0.3) is 0 Å². The largest absolute Gasteiger partial charge is 0.379 e. The summed E-state index contributed by atoms with van der Waals surface area (Å²) in [6.45, 7) is 4.06. The number of morpholine rings is 1. The zero-order valence-electron chi connectivity index (χ0n) is 9.54. The summed E-state index contributed by atoms with van der Waals surface area (Å²) in [5.41, 5.74) is 0. The third-order valence-corrected chi connectivity index (χ3v) is 2.82. The number of nitrogens with one attached hydrogen (secondary N) is 2. The number of carbonyl (C=O) groups excluding carboxylic acids is 1. The normalized spacial score (nSPS) is 25.4. The number of hydrogen-bond donors (Lipinski definition) is 2. The van der Waals surface area contributed by atoms with Crippen molar-refractivity contribution in [3.05, 3.63) is 0 Å². The van der Waals surface area contributed by atoms with Crippen LogP contribution >= 0.6 is 0 Å². The van der Waals surface area contributed by atoms with Crippen LogP contribution in [-0.4, -0.2) is 51.5 Å². The Morgan fingerprint density at radius 3 is 3.06 bits per heavy atom. The van der Waals surface area contributed by atoms with Gasteiger partial charge in [0.15, 0.2) is 0 Å². The molecule has 2 fully saturated rings. The van der Waals surface area contributed by atoms with Gasteiger partial charge in [-0.1, -0.05) is 0 Å². The molecule has 2 aliphatic rings. The standard InChI is InChI=1S/C11H20N2O3/c14-11(10-7-12-3-6-16-10)13-4-5-15-8-9-1-2-9/h9-10,12H,1-8H2,(H,13,14). The molecule has 0 aromatic heterocycles. The molecule has 1 saturated heterocycles. The summed E-state index contributed by atoms with van der Waals surface area (Å²) < 4.78 is 10.8. The van der Waals surface area contributed by atoms with Gasteiger partial charge < -0.3 is 20.1 Å². The molecular weight excluding hydrogens is 208 g/mol. The fourth-order valence-corrected chi connectivity index (χ4v) is 1.63. The van der Waals surface area contributed by atoms with E-state index in [0.29, 0.717) is 26.3 Å². The number of rotatable bonds is 6. The molecule has 1 aliphatic heterocycles. The Hall–Kier alpha value is -0.650. The smallest absolute Gasteiger partial charge is 0.250 e. The highest BCUT2D eigenvalue weighted by atomic mass is 16.5. The third kappa shape index (κ3) is 4.08. The zero-order valence-corrected chi connectivity index (χ0v) is 9.54. The van der Waals surface area contributed by atoms with Crippen molar-refractivity contribution in [3.63, 3.8) is 0 Å². The van der Waals surface area contributed by atoms with E-state index in [1.54, 1.807) is 0 Å². The summed E-state index contributed by atoms with van der Waals surface area (Å²) >= 11 is 0. The molecule has 0 spiro atoms. The number of hydrogen-bond acceptors (Lipinski definition) is 4. The van der Waals surface area contributed by atoms with Crippen molar-refractivity contribution in [3.8, 4) is 0 Å². The van der Waals surface area contributed by atoms with E-state index >= 15 is 0 Å². The monoisotopic (exact) mass is 228 g/mol. The Labute approximate surface area is 95.9 Å². The highest BCUT2D eigenvalue weighted by molar-refractivity contribution is 5.81. The van der Waals surface area contributed by atoms with E-state index < -0.39 is 0 Å². The predicted molar refractivity (Wildman–Crippen MR) is 59.2 cm³/mol. The van der Waals surface area contributed by atoms with Crippen molar-refractivity contribution >= 4 is 5.91 Å². The minimum absolute atomic E-state index is 0.0396. The Morgan fingerprint density at radius 1 is 1.50 bits per heavy atom. The van der Waals surface area contributed by atoms with Crippen LogP contribution in [0.2, 0.25) is 0 Å². The first-order valence-corrected chi connectivity index (χ1v) is 6.04. The number of ether oxygens (including phenoxy) is 2. The average molecular weight is 228 g/mol. The van der Waals surface area contributed by atoms with Gasteiger partial charge in [0.25, 0.3) is 5.91 Å². The maximum atomic E-state index is 11.6. The Bertz CT molecular complexity index is 225. The molecule has 92 valence electrons. The van der Waals surface area contributed by atoms with Crippen LogP contribution in [0.1, 0.15) is 12.8 Å². The highest BCUT2D eigenvalue weighted by Gasteiger charge is 2.22. The van der Waals surface area contributed by atoms with Gasteiger partial charge in [-0.25, -0.2) is 0 Å². The lowest BCUT2D eigenvalue weighted by Crippen LogP contribution is -2.48. The van der Waals surface area contributed by atoms with E-state index in [-0.39, 0.29) is 12.0 Å². The number of carbonyl (C=O) groups is 1. The Balaban J connectivity index is 1.48. The lowest BCUT2D eigenvalue weighted by Gasteiger charge is -2.22. The average Bonchev–Trinajstić information content (AvgIpc) is 3.13. The van der Waals surface area contributed by atoms with E-state index in [1.165, 1.54) is 12.8 Å². The van der Waals surface area contributed by atoms with E-state index in [9.17, 15) is 4.79 Å². The molecule has 0 radical (unpaired) electrons. The van der Waals surface area contributed by atoms with Crippen LogP contribution in [-0.2, 0) is 14.3 Å². The molecule has 1 amide bonds. The van der Waals surface area contributed by atoms with Crippen molar-refractivity contribution in [2.45, 2.75) is 18.9 Å². The van der Waals surface area contributed by atoms with Crippen molar-refractivity contribution in [2.24, 2.45) is 5.92 Å². The maximum Gasteiger partial charge on any atom is 0.250 e. The Kier molecular flexibility index (Phi) is 4.56. The molecule has 2 N–H and O–H groups in total. The van der Waals surface area contributed by atoms with Crippen LogP contribution in [0.5, 0.6) is 0 Å². The van der Waals surface area contributed by atoms with Gasteiger partial charge in [-0.3, -0.25) is 4.79 Å². The van der Waals surface area contributed by atoms with Gasteiger partial charge >= 0.3 is 0 Å². The molecule has 1 aliphatic carbocycles. The van der Waals surface area contributed by atoms with Crippen molar-refractivity contribution in [2.75, 3.05) is 39.5 Å². The van der Waals surface area contributed by atoms with Gasteiger partial charge in [0, 0.05) is 26.2 Å². The van der Waals surface area contributed by atoms with E-state index in [0.717, 1.165) is 19.1 Å². The van der Waals surface area contributed by atoms with Gasteiger partial charge in [0.05, 0.1) is 13.2 Å². The molecule has 0 bridgehead atoms. The van der Waals surface area contributed by atoms with Gasteiger partial charge in [0.1, 0.15) is 6.10 Å². The molecule has 1 atom stereocenters. The summed E-state index contributed by atoms with van der Waals surface area (Å²) in [4.78, 5) is 11.6. The summed E-state index contributed by atoms with van der Waals surface area (Å²) in [5, 5.41) is 5.94. The van der Waals surface area contributed by atoms with Crippen molar-refractivity contribution in [1.82, 2.24) is 10.6 Å². The molecule has 5 heteroatoms. The molecule has 0 aromatic carbocycles. The fourth-order valence-electron chi connectivity index (χ4n) is 1.63. The molecule has 16 heavy (non-hydrogen) atoms. The SMILES string of the molecule is O=C(NCCOCC1CC1)C1CNCCO1. The van der Waals surface area contributed by atoms with E-state index in [2.05, 4.69) is 10.6 Å². The quantitative estimate of drug-likeness (QED) is 0.603. The topological polar surface area (TPSA) is 59.6 Å².